The fraction of sp³-hybridized carbons (Fsp3) is 0.571. The number of rotatable bonds is 4. The molecule has 0 heterocycles. The SMILES string of the molecule is CCNC(c1ccc(C2CCC2)cc1)C(F)(F)F. The van der Waals surface area contributed by atoms with E-state index in [4.69, 9.17) is 0 Å². The molecule has 1 aliphatic rings. The zero-order chi connectivity index (χ0) is 13.2. The standard InChI is InChI=1S/C14H18F3N/c1-2-18-13(14(15,16)17)12-8-6-11(7-9-12)10-4-3-5-10/h6-10,13,18H,2-5H2,1H3. The van der Waals surface area contributed by atoms with Gasteiger partial charge in [0.2, 0.25) is 0 Å². The first-order chi connectivity index (χ1) is 8.52. The van der Waals surface area contributed by atoms with Crippen molar-refractivity contribution < 1.29 is 13.2 Å². The van der Waals surface area contributed by atoms with Gasteiger partial charge in [0, 0.05) is 0 Å². The third kappa shape index (κ3) is 2.86. The third-order valence-electron chi connectivity index (χ3n) is 3.58. The summed E-state index contributed by atoms with van der Waals surface area (Å²) < 4.78 is 38.6. The van der Waals surface area contributed by atoms with E-state index in [2.05, 4.69) is 5.32 Å². The summed E-state index contributed by atoms with van der Waals surface area (Å²) in [5.41, 5.74) is 1.47. The van der Waals surface area contributed by atoms with E-state index >= 15 is 0 Å². The fourth-order valence-electron chi connectivity index (χ4n) is 2.33. The molecule has 1 N–H and O–H groups in total. The average Bonchev–Trinajstić information content (AvgIpc) is 2.23. The molecule has 1 saturated carbocycles. The van der Waals surface area contributed by atoms with Crippen LogP contribution in [0, 0.1) is 0 Å². The molecule has 1 aliphatic carbocycles. The first-order valence-electron chi connectivity index (χ1n) is 6.42. The van der Waals surface area contributed by atoms with Crippen LogP contribution >= 0.6 is 0 Å². The van der Waals surface area contributed by atoms with Gasteiger partial charge in [-0.1, -0.05) is 37.6 Å². The van der Waals surface area contributed by atoms with E-state index in [-0.39, 0.29) is 0 Å². The lowest BCUT2D eigenvalue weighted by atomic mass is 9.80. The quantitative estimate of drug-likeness (QED) is 0.853. The van der Waals surface area contributed by atoms with E-state index in [1.165, 1.54) is 12.0 Å². The van der Waals surface area contributed by atoms with Crippen molar-refractivity contribution in [1.29, 1.82) is 0 Å². The molecule has 1 atom stereocenters. The predicted octanol–water partition coefficient (Wildman–Crippen LogP) is 4.17. The number of halogens is 3. The number of nitrogens with one attached hydrogen (secondary N) is 1. The van der Waals surface area contributed by atoms with Crippen LogP contribution in [0.15, 0.2) is 24.3 Å². The van der Waals surface area contributed by atoms with Crippen molar-refractivity contribution in [3.63, 3.8) is 0 Å². The van der Waals surface area contributed by atoms with Crippen molar-refractivity contribution in [3.8, 4) is 0 Å². The zero-order valence-corrected chi connectivity index (χ0v) is 10.4. The molecule has 2 rings (SSSR count). The molecule has 1 unspecified atom stereocenters. The van der Waals surface area contributed by atoms with Crippen molar-refractivity contribution >= 4 is 0 Å². The minimum absolute atomic E-state index is 0.299. The van der Waals surface area contributed by atoms with Crippen LogP contribution in [0.2, 0.25) is 0 Å². The summed E-state index contributed by atoms with van der Waals surface area (Å²) in [4.78, 5) is 0. The Morgan fingerprint density at radius 1 is 1.22 bits per heavy atom. The van der Waals surface area contributed by atoms with Crippen LogP contribution in [0.1, 0.15) is 49.3 Å². The maximum absolute atomic E-state index is 12.9. The van der Waals surface area contributed by atoms with Gasteiger partial charge in [-0.3, -0.25) is 0 Å². The Balaban J connectivity index is 2.15. The van der Waals surface area contributed by atoms with Crippen LogP contribution in [0.4, 0.5) is 13.2 Å². The van der Waals surface area contributed by atoms with Gasteiger partial charge in [0.15, 0.2) is 0 Å². The number of hydrogen-bond donors (Lipinski definition) is 1. The first-order valence-corrected chi connectivity index (χ1v) is 6.42. The van der Waals surface area contributed by atoms with Crippen LogP contribution in [0.3, 0.4) is 0 Å². The molecule has 0 bridgehead atoms. The molecule has 0 saturated heterocycles. The van der Waals surface area contributed by atoms with Crippen LogP contribution in [0.5, 0.6) is 0 Å². The van der Waals surface area contributed by atoms with Gasteiger partial charge in [-0.2, -0.15) is 13.2 Å². The second-order valence-corrected chi connectivity index (χ2v) is 4.83. The maximum Gasteiger partial charge on any atom is 0.407 e. The Labute approximate surface area is 105 Å². The van der Waals surface area contributed by atoms with E-state index in [0.717, 1.165) is 12.8 Å². The van der Waals surface area contributed by atoms with Gasteiger partial charge >= 0.3 is 6.18 Å². The van der Waals surface area contributed by atoms with Crippen molar-refractivity contribution in [2.24, 2.45) is 0 Å². The molecule has 1 aromatic rings. The van der Waals surface area contributed by atoms with Crippen LogP contribution in [-0.4, -0.2) is 12.7 Å². The van der Waals surface area contributed by atoms with Gasteiger partial charge in [-0.25, -0.2) is 0 Å². The van der Waals surface area contributed by atoms with Gasteiger partial charge < -0.3 is 5.32 Å². The lowest BCUT2D eigenvalue weighted by Gasteiger charge is -2.27. The molecule has 0 aliphatic heterocycles. The van der Waals surface area contributed by atoms with Gasteiger partial charge in [0.1, 0.15) is 6.04 Å². The summed E-state index contributed by atoms with van der Waals surface area (Å²) in [5.74, 6) is 0.558. The van der Waals surface area contributed by atoms with Gasteiger partial charge in [-0.05, 0) is 36.4 Å². The van der Waals surface area contributed by atoms with Gasteiger partial charge in [0.25, 0.3) is 0 Å². The Kier molecular flexibility index (Phi) is 3.95. The topological polar surface area (TPSA) is 12.0 Å². The minimum atomic E-state index is -4.24. The molecular weight excluding hydrogens is 239 g/mol. The summed E-state index contributed by atoms with van der Waals surface area (Å²) in [6.07, 6.45) is -0.687. The lowest BCUT2D eigenvalue weighted by molar-refractivity contribution is -0.157. The summed E-state index contributed by atoms with van der Waals surface area (Å²) in [7, 11) is 0. The molecule has 100 valence electrons. The first kappa shape index (κ1) is 13.4. The molecule has 1 aromatic carbocycles. The second kappa shape index (κ2) is 5.31. The molecular formula is C14H18F3N. The molecule has 0 aromatic heterocycles. The molecule has 0 radical (unpaired) electrons. The molecule has 1 fully saturated rings. The van der Waals surface area contributed by atoms with E-state index < -0.39 is 12.2 Å². The molecule has 0 spiro atoms. The van der Waals surface area contributed by atoms with E-state index in [1.54, 1.807) is 19.1 Å². The Morgan fingerprint density at radius 3 is 2.22 bits per heavy atom. The van der Waals surface area contributed by atoms with Crippen molar-refractivity contribution in [2.75, 3.05) is 6.54 Å². The molecule has 1 nitrogen and oxygen atoms in total. The molecule has 18 heavy (non-hydrogen) atoms. The second-order valence-electron chi connectivity index (χ2n) is 4.83. The highest BCUT2D eigenvalue weighted by Gasteiger charge is 2.40. The van der Waals surface area contributed by atoms with E-state index in [9.17, 15) is 13.2 Å². The lowest BCUT2D eigenvalue weighted by Crippen LogP contribution is -2.34. The predicted molar refractivity (Wildman–Crippen MR) is 65.5 cm³/mol. The van der Waals surface area contributed by atoms with E-state index in [0.29, 0.717) is 18.0 Å². The monoisotopic (exact) mass is 257 g/mol. The van der Waals surface area contributed by atoms with Crippen molar-refractivity contribution in [2.45, 2.75) is 44.3 Å². The van der Waals surface area contributed by atoms with Crippen molar-refractivity contribution in [3.05, 3.63) is 35.4 Å². The van der Waals surface area contributed by atoms with Gasteiger partial charge in [0.05, 0.1) is 0 Å². The molecule has 0 amide bonds. The summed E-state index contributed by atoms with van der Waals surface area (Å²) >= 11 is 0. The van der Waals surface area contributed by atoms with Crippen molar-refractivity contribution in [1.82, 2.24) is 5.32 Å². The Morgan fingerprint density at radius 2 is 1.83 bits per heavy atom. The number of alkyl halides is 3. The largest absolute Gasteiger partial charge is 0.407 e. The maximum atomic E-state index is 12.9. The summed E-state index contributed by atoms with van der Waals surface area (Å²) in [6, 6.07) is 5.34. The van der Waals surface area contributed by atoms with Crippen LogP contribution < -0.4 is 5.32 Å². The number of benzene rings is 1. The highest BCUT2D eigenvalue weighted by atomic mass is 19.4. The molecule has 4 heteroatoms. The summed E-state index contributed by atoms with van der Waals surface area (Å²) in [5, 5.41) is 2.49. The highest BCUT2D eigenvalue weighted by molar-refractivity contribution is 5.29. The number of hydrogen-bond acceptors (Lipinski definition) is 1. The fourth-order valence-corrected chi connectivity index (χ4v) is 2.33. The van der Waals surface area contributed by atoms with Gasteiger partial charge in [-0.15, -0.1) is 0 Å². The zero-order valence-electron chi connectivity index (χ0n) is 10.4. The normalized spacial score (nSPS) is 18.4. The Hall–Kier alpha value is -1.03. The minimum Gasteiger partial charge on any atom is -0.303 e. The van der Waals surface area contributed by atoms with Crippen LogP contribution in [-0.2, 0) is 0 Å². The smallest absolute Gasteiger partial charge is 0.303 e. The average molecular weight is 257 g/mol. The van der Waals surface area contributed by atoms with E-state index in [1.807, 2.05) is 12.1 Å². The Bertz CT molecular complexity index is 379. The summed E-state index contributed by atoms with van der Waals surface area (Å²) in [6.45, 7) is 1.98. The highest BCUT2D eigenvalue weighted by Crippen LogP contribution is 2.38. The third-order valence-corrected chi connectivity index (χ3v) is 3.58. The van der Waals surface area contributed by atoms with Crippen LogP contribution in [0.25, 0.3) is 0 Å².